The van der Waals surface area contributed by atoms with Gasteiger partial charge in [0.25, 0.3) is 0 Å². The van der Waals surface area contributed by atoms with Crippen LogP contribution in [0.4, 0.5) is 0 Å². The van der Waals surface area contributed by atoms with Gasteiger partial charge in [-0.05, 0) is 54.9 Å². The standard InChI is InChI=1S/C44H31OP/c45-46(36-16-6-2-7-17-36,37-18-8-3-9-19-37)38-30-28-35(29-31-38)44-41-22-12-10-20-39(41)43(40-21-11-13-23-42(40)44)34-26-24-33(25-27-34)32-14-4-1-5-15-32/h1-31H. The molecule has 8 aromatic rings. The molecule has 0 saturated carbocycles. The summed E-state index contributed by atoms with van der Waals surface area (Å²) in [5, 5.41) is 7.34. The second-order valence-electron chi connectivity index (χ2n) is 11.6. The molecule has 0 saturated heterocycles. The maximum Gasteiger partial charge on any atom is 0.171 e. The van der Waals surface area contributed by atoms with Crippen LogP contribution in [-0.2, 0) is 4.57 Å². The second kappa shape index (κ2) is 11.8. The smallest absolute Gasteiger partial charge is 0.171 e. The Balaban J connectivity index is 1.30. The predicted octanol–water partition coefficient (Wildman–Crippen LogP) is 10.6. The lowest BCUT2D eigenvalue weighted by Crippen LogP contribution is -2.24. The molecule has 0 atom stereocenters. The lowest BCUT2D eigenvalue weighted by molar-refractivity contribution is 0.592. The normalized spacial score (nSPS) is 11.6. The van der Waals surface area contributed by atoms with Crippen LogP contribution in [-0.4, -0.2) is 0 Å². The zero-order valence-corrected chi connectivity index (χ0v) is 26.1. The number of benzene rings is 8. The van der Waals surface area contributed by atoms with Crippen molar-refractivity contribution >= 4 is 44.6 Å². The fourth-order valence-corrected chi connectivity index (χ4v) is 9.42. The van der Waals surface area contributed by atoms with Crippen LogP contribution < -0.4 is 15.9 Å². The van der Waals surface area contributed by atoms with Crippen molar-refractivity contribution in [3.05, 3.63) is 188 Å². The van der Waals surface area contributed by atoms with E-state index in [1.165, 1.54) is 49.4 Å². The van der Waals surface area contributed by atoms with Gasteiger partial charge in [-0.15, -0.1) is 0 Å². The van der Waals surface area contributed by atoms with Crippen LogP contribution >= 0.6 is 7.14 Å². The van der Waals surface area contributed by atoms with E-state index in [0.29, 0.717) is 0 Å². The second-order valence-corrected chi connectivity index (χ2v) is 14.4. The molecule has 0 spiro atoms. The van der Waals surface area contributed by atoms with E-state index >= 15 is 4.57 Å². The van der Waals surface area contributed by atoms with Gasteiger partial charge < -0.3 is 4.57 Å². The van der Waals surface area contributed by atoms with Crippen LogP contribution in [0.15, 0.2) is 188 Å². The highest BCUT2D eigenvalue weighted by atomic mass is 31.2. The van der Waals surface area contributed by atoms with Gasteiger partial charge in [0.05, 0.1) is 0 Å². The van der Waals surface area contributed by atoms with Crippen molar-refractivity contribution in [3.63, 3.8) is 0 Å². The topological polar surface area (TPSA) is 17.1 Å². The van der Waals surface area contributed by atoms with E-state index in [2.05, 4.69) is 127 Å². The largest absolute Gasteiger partial charge is 0.309 e. The Labute approximate surface area is 269 Å². The van der Waals surface area contributed by atoms with Gasteiger partial charge in [0.15, 0.2) is 7.14 Å². The molecule has 0 aliphatic heterocycles. The highest BCUT2D eigenvalue weighted by molar-refractivity contribution is 7.85. The van der Waals surface area contributed by atoms with Gasteiger partial charge in [0, 0.05) is 15.9 Å². The lowest BCUT2D eigenvalue weighted by Gasteiger charge is -2.21. The zero-order valence-electron chi connectivity index (χ0n) is 25.3. The van der Waals surface area contributed by atoms with Crippen molar-refractivity contribution in [2.45, 2.75) is 0 Å². The fraction of sp³-hybridized carbons (Fsp3) is 0. The lowest BCUT2D eigenvalue weighted by atomic mass is 9.86. The van der Waals surface area contributed by atoms with Crippen LogP contribution in [0.3, 0.4) is 0 Å². The third-order valence-electron chi connectivity index (χ3n) is 8.97. The van der Waals surface area contributed by atoms with Gasteiger partial charge in [-0.2, -0.15) is 0 Å². The molecule has 0 unspecified atom stereocenters. The minimum Gasteiger partial charge on any atom is -0.309 e. The molecule has 1 nitrogen and oxygen atoms in total. The molecule has 0 fully saturated rings. The molecular weight excluding hydrogens is 575 g/mol. The molecule has 46 heavy (non-hydrogen) atoms. The van der Waals surface area contributed by atoms with E-state index in [4.69, 9.17) is 0 Å². The Morgan fingerprint density at radius 2 is 0.543 bits per heavy atom. The maximum absolute atomic E-state index is 15.0. The third-order valence-corrected chi connectivity index (χ3v) is 12.0. The van der Waals surface area contributed by atoms with Gasteiger partial charge in [0.2, 0.25) is 0 Å². The van der Waals surface area contributed by atoms with E-state index in [1.54, 1.807) is 0 Å². The van der Waals surface area contributed by atoms with E-state index < -0.39 is 7.14 Å². The van der Waals surface area contributed by atoms with Crippen LogP contribution in [0.2, 0.25) is 0 Å². The highest BCUT2D eigenvalue weighted by Crippen LogP contribution is 2.46. The van der Waals surface area contributed by atoms with Crippen molar-refractivity contribution in [2.75, 3.05) is 0 Å². The van der Waals surface area contributed by atoms with Gasteiger partial charge in [0.1, 0.15) is 0 Å². The molecule has 8 aromatic carbocycles. The molecule has 8 rings (SSSR count). The monoisotopic (exact) mass is 606 g/mol. The molecule has 0 aliphatic carbocycles. The van der Waals surface area contributed by atoms with E-state index in [0.717, 1.165) is 21.5 Å². The zero-order chi connectivity index (χ0) is 30.9. The molecule has 0 aliphatic rings. The summed E-state index contributed by atoms with van der Waals surface area (Å²) in [6.07, 6.45) is 0. The average Bonchev–Trinajstić information content (AvgIpc) is 3.15. The van der Waals surface area contributed by atoms with E-state index in [9.17, 15) is 0 Å². The van der Waals surface area contributed by atoms with Crippen LogP contribution in [0.5, 0.6) is 0 Å². The molecule has 0 N–H and O–H groups in total. The third kappa shape index (κ3) is 4.78. The summed E-state index contributed by atoms with van der Waals surface area (Å²) in [6, 6.07) is 65.0. The van der Waals surface area contributed by atoms with Crippen molar-refractivity contribution in [3.8, 4) is 33.4 Å². The summed E-state index contributed by atoms with van der Waals surface area (Å²) in [5.74, 6) is 0. The summed E-state index contributed by atoms with van der Waals surface area (Å²) in [5.41, 5.74) is 7.15. The fourth-order valence-electron chi connectivity index (χ4n) is 6.77. The number of rotatable bonds is 6. The van der Waals surface area contributed by atoms with E-state index in [1.807, 2.05) is 60.7 Å². The molecule has 0 heterocycles. The minimum absolute atomic E-state index is 0.831. The molecule has 218 valence electrons. The molecule has 0 bridgehead atoms. The Morgan fingerprint density at radius 3 is 0.957 bits per heavy atom. The first kappa shape index (κ1) is 28.0. The van der Waals surface area contributed by atoms with Crippen molar-refractivity contribution in [1.29, 1.82) is 0 Å². The molecule has 0 amide bonds. The first-order valence-electron chi connectivity index (χ1n) is 15.6. The quantitative estimate of drug-likeness (QED) is 0.136. The highest BCUT2D eigenvalue weighted by Gasteiger charge is 2.29. The Morgan fingerprint density at radius 1 is 0.261 bits per heavy atom. The molecular formula is C44H31OP. The van der Waals surface area contributed by atoms with Crippen LogP contribution in [0, 0.1) is 0 Å². The van der Waals surface area contributed by atoms with Crippen LogP contribution in [0.1, 0.15) is 0 Å². The number of hydrogen-bond donors (Lipinski definition) is 0. The predicted molar refractivity (Wildman–Crippen MR) is 197 cm³/mol. The van der Waals surface area contributed by atoms with Gasteiger partial charge in [-0.25, -0.2) is 0 Å². The van der Waals surface area contributed by atoms with Gasteiger partial charge in [-0.3, -0.25) is 0 Å². The van der Waals surface area contributed by atoms with Gasteiger partial charge in [-0.1, -0.05) is 188 Å². The SMILES string of the molecule is O=P(c1ccccc1)(c1ccccc1)c1ccc(-c2c3ccccc3c(-c3ccc(-c4ccccc4)cc3)c3ccccc23)cc1. The first-order valence-corrected chi connectivity index (χ1v) is 17.3. The minimum atomic E-state index is -3.06. The molecule has 0 radical (unpaired) electrons. The Bertz CT molecular complexity index is 2240. The maximum atomic E-state index is 15.0. The summed E-state index contributed by atoms with van der Waals surface area (Å²) in [6.45, 7) is 0. The summed E-state index contributed by atoms with van der Waals surface area (Å²) < 4.78 is 15.0. The molecule has 2 heteroatoms. The average molecular weight is 607 g/mol. The van der Waals surface area contributed by atoms with Crippen LogP contribution in [0.25, 0.3) is 54.9 Å². The van der Waals surface area contributed by atoms with Crippen molar-refractivity contribution in [1.82, 2.24) is 0 Å². The van der Waals surface area contributed by atoms with Crippen molar-refractivity contribution in [2.24, 2.45) is 0 Å². The molecule has 0 aromatic heterocycles. The van der Waals surface area contributed by atoms with Crippen molar-refractivity contribution < 1.29 is 4.57 Å². The number of fused-ring (bicyclic) bond motifs is 2. The van der Waals surface area contributed by atoms with Gasteiger partial charge >= 0.3 is 0 Å². The summed E-state index contributed by atoms with van der Waals surface area (Å²) in [7, 11) is -3.06. The Kier molecular flexibility index (Phi) is 7.18. The Hall–Kier alpha value is -5.49. The van der Waals surface area contributed by atoms with E-state index in [-0.39, 0.29) is 0 Å². The number of hydrogen-bond acceptors (Lipinski definition) is 1. The summed E-state index contributed by atoms with van der Waals surface area (Å²) in [4.78, 5) is 0. The first-order chi connectivity index (χ1) is 22.7. The summed E-state index contributed by atoms with van der Waals surface area (Å²) >= 11 is 0.